The molecule has 124 valence electrons. The van der Waals surface area contributed by atoms with Crippen molar-refractivity contribution < 1.29 is 14.4 Å². The van der Waals surface area contributed by atoms with E-state index in [0.717, 1.165) is 18.4 Å². The highest BCUT2D eigenvalue weighted by molar-refractivity contribution is 6.38. The van der Waals surface area contributed by atoms with Gasteiger partial charge in [0.15, 0.2) is 0 Å². The van der Waals surface area contributed by atoms with Crippen LogP contribution in [-0.4, -0.2) is 35.1 Å². The summed E-state index contributed by atoms with van der Waals surface area (Å²) in [7, 11) is 0. The summed E-state index contributed by atoms with van der Waals surface area (Å²) in [5.74, 6) is -0.740. The fourth-order valence-electron chi connectivity index (χ4n) is 2.88. The highest BCUT2D eigenvalue weighted by atomic mass is 16.2. The first-order valence-corrected chi connectivity index (χ1v) is 8.19. The van der Waals surface area contributed by atoms with Crippen molar-refractivity contribution in [2.24, 2.45) is 5.92 Å². The Morgan fingerprint density at radius 3 is 2.54 bits per heavy atom. The van der Waals surface area contributed by atoms with Crippen LogP contribution in [-0.2, 0) is 20.9 Å². The SMILES string of the molecule is N#Cc1ccc(CN2C(=O)CCC2C(=O)C(=O)NCC2CC2)cc1. The van der Waals surface area contributed by atoms with Gasteiger partial charge in [-0.3, -0.25) is 14.4 Å². The number of rotatable bonds is 6. The number of carbonyl (C=O) groups is 3. The monoisotopic (exact) mass is 325 g/mol. The van der Waals surface area contributed by atoms with Crippen molar-refractivity contribution in [3.8, 4) is 6.07 Å². The van der Waals surface area contributed by atoms with Gasteiger partial charge in [0.1, 0.15) is 6.04 Å². The topological polar surface area (TPSA) is 90.3 Å². The van der Waals surface area contributed by atoms with E-state index in [1.807, 2.05) is 6.07 Å². The predicted octanol–water partition coefficient (Wildman–Crippen LogP) is 1.14. The number of hydrogen-bond donors (Lipinski definition) is 1. The van der Waals surface area contributed by atoms with Gasteiger partial charge < -0.3 is 10.2 Å². The van der Waals surface area contributed by atoms with Crippen LogP contribution in [0.25, 0.3) is 0 Å². The van der Waals surface area contributed by atoms with Gasteiger partial charge >= 0.3 is 0 Å². The maximum Gasteiger partial charge on any atom is 0.289 e. The van der Waals surface area contributed by atoms with Crippen molar-refractivity contribution in [2.75, 3.05) is 6.54 Å². The van der Waals surface area contributed by atoms with Gasteiger partial charge in [-0.15, -0.1) is 0 Å². The van der Waals surface area contributed by atoms with Crippen LogP contribution >= 0.6 is 0 Å². The highest BCUT2D eigenvalue weighted by Gasteiger charge is 2.39. The molecule has 6 heteroatoms. The maximum absolute atomic E-state index is 12.4. The van der Waals surface area contributed by atoms with Crippen LogP contribution in [0, 0.1) is 17.2 Å². The molecule has 6 nitrogen and oxygen atoms in total. The van der Waals surface area contributed by atoms with Crippen LogP contribution in [0.2, 0.25) is 0 Å². The average Bonchev–Trinajstić information content (AvgIpc) is 3.37. The Balaban J connectivity index is 1.65. The first kappa shape index (κ1) is 16.2. The van der Waals surface area contributed by atoms with Crippen molar-refractivity contribution in [3.63, 3.8) is 0 Å². The second kappa shape index (κ2) is 6.83. The molecule has 1 atom stereocenters. The minimum absolute atomic E-state index is 0.118. The Kier molecular flexibility index (Phi) is 4.61. The van der Waals surface area contributed by atoms with Gasteiger partial charge in [-0.2, -0.15) is 5.26 Å². The first-order valence-electron chi connectivity index (χ1n) is 8.19. The summed E-state index contributed by atoms with van der Waals surface area (Å²) in [6.45, 7) is 0.817. The summed E-state index contributed by atoms with van der Waals surface area (Å²) in [5, 5.41) is 11.5. The number of hydrogen-bond acceptors (Lipinski definition) is 4. The number of amides is 2. The highest BCUT2D eigenvalue weighted by Crippen LogP contribution is 2.27. The Hall–Kier alpha value is -2.68. The lowest BCUT2D eigenvalue weighted by Crippen LogP contribution is -2.45. The number of nitriles is 1. The molecule has 1 aromatic carbocycles. The number of benzene rings is 1. The fraction of sp³-hybridized carbons (Fsp3) is 0.444. The summed E-state index contributed by atoms with van der Waals surface area (Å²) < 4.78 is 0. The molecule has 1 unspecified atom stereocenters. The van der Waals surface area contributed by atoms with Gasteiger partial charge in [-0.25, -0.2) is 0 Å². The number of carbonyl (C=O) groups excluding carboxylic acids is 3. The summed E-state index contributed by atoms with van der Waals surface area (Å²) in [4.78, 5) is 38.0. The van der Waals surface area contributed by atoms with E-state index in [2.05, 4.69) is 5.32 Å². The minimum atomic E-state index is -0.688. The number of Topliss-reactive ketones (excluding diaryl/α,β-unsaturated/α-hetero) is 1. The predicted molar refractivity (Wildman–Crippen MR) is 85.5 cm³/mol. The van der Waals surface area contributed by atoms with E-state index in [-0.39, 0.29) is 18.9 Å². The van der Waals surface area contributed by atoms with Crippen molar-refractivity contribution in [3.05, 3.63) is 35.4 Å². The lowest BCUT2D eigenvalue weighted by Gasteiger charge is -2.23. The number of ketones is 1. The fourth-order valence-corrected chi connectivity index (χ4v) is 2.88. The molecule has 3 rings (SSSR count). The lowest BCUT2D eigenvalue weighted by atomic mass is 10.1. The minimum Gasteiger partial charge on any atom is -0.349 e. The molecule has 2 fully saturated rings. The first-order chi connectivity index (χ1) is 11.6. The third-order valence-corrected chi connectivity index (χ3v) is 4.54. The zero-order valence-electron chi connectivity index (χ0n) is 13.3. The third-order valence-electron chi connectivity index (χ3n) is 4.54. The maximum atomic E-state index is 12.4. The van der Waals surface area contributed by atoms with E-state index in [0.29, 0.717) is 24.4 Å². The molecule has 0 aromatic heterocycles. The molecule has 1 saturated heterocycles. The van der Waals surface area contributed by atoms with E-state index in [1.165, 1.54) is 4.90 Å². The van der Waals surface area contributed by atoms with Crippen LogP contribution in [0.4, 0.5) is 0 Å². The lowest BCUT2D eigenvalue weighted by molar-refractivity contribution is -0.143. The van der Waals surface area contributed by atoms with E-state index < -0.39 is 17.7 Å². The largest absolute Gasteiger partial charge is 0.349 e. The summed E-state index contributed by atoms with van der Waals surface area (Å²) in [6.07, 6.45) is 2.86. The number of nitrogens with zero attached hydrogens (tertiary/aromatic N) is 2. The second-order valence-electron chi connectivity index (χ2n) is 6.40. The molecule has 1 N–H and O–H groups in total. The molecule has 0 radical (unpaired) electrons. The number of likely N-dealkylation sites (tertiary alicyclic amines) is 1. The molecule has 2 amide bonds. The van der Waals surface area contributed by atoms with Crippen molar-refractivity contribution in [1.29, 1.82) is 5.26 Å². The molecular weight excluding hydrogens is 306 g/mol. The average molecular weight is 325 g/mol. The molecule has 1 saturated carbocycles. The Labute approximate surface area is 140 Å². The van der Waals surface area contributed by atoms with Crippen LogP contribution in [0.5, 0.6) is 0 Å². The normalized spacial score (nSPS) is 19.9. The summed E-state index contributed by atoms with van der Waals surface area (Å²) >= 11 is 0. The standard InChI is InChI=1S/C18H19N3O3/c19-9-12-1-5-14(6-2-12)11-21-15(7-8-16(21)22)17(23)18(24)20-10-13-3-4-13/h1-2,5-6,13,15H,3-4,7-8,10-11H2,(H,20,24). The second-order valence-corrected chi connectivity index (χ2v) is 6.40. The van der Waals surface area contributed by atoms with E-state index in [9.17, 15) is 14.4 Å². The molecular formula is C18H19N3O3. The van der Waals surface area contributed by atoms with Gasteiger partial charge in [0.25, 0.3) is 5.91 Å². The van der Waals surface area contributed by atoms with Crippen LogP contribution < -0.4 is 5.32 Å². The van der Waals surface area contributed by atoms with Gasteiger partial charge in [-0.1, -0.05) is 12.1 Å². The Morgan fingerprint density at radius 1 is 1.21 bits per heavy atom. The summed E-state index contributed by atoms with van der Waals surface area (Å²) in [5.41, 5.74) is 1.37. The van der Waals surface area contributed by atoms with Crippen molar-refractivity contribution in [1.82, 2.24) is 10.2 Å². The molecule has 0 spiro atoms. The molecule has 1 heterocycles. The molecule has 1 aliphatic carbocycles. The Bertz CT molecular complexity index is 701. The smallest absolute Gasteiger partial charge is 0.289 e. The van der Waals surface area contributed by atoms with E-state index in [1.54, 1.807) is 24.3 Å². The zero-order chi connectivity index (χ0) is 17.1. The van der Waals surface area contributed by atoms with Crippen LogP contribution in [0.15, 0.2) is 24.3 Å². The van der Waals surface area contributed by atoms with Gasteiger partial charge in [0.2, 0.25) is 11.7 Å². The van der Waals surface area contributed by atoms with Crippen LogP contribution in [0.3, 0.4) is 0 Å². The van der Waals surface area contributed by atoms with Gasteiger partial charge in [-0.05, 0) is 42.9 Å². The third kappa shape index (κ3) is 3.62. The molecule has 0 bridgehead atoms. The quantitative estimate of drug-likeness (QED) is 0.794. The molecule has 24 heavy (non-hydrogen) atoms. The van der Waals surface area contributed by atoms with E-state index >= 15 is 0 Å². The van der Waals surface area contributed by atoms with E-state index in [4.69, 9.17) is 5.26 Å². The van der Waals surface area contributed by atoms with Crippen molar-refractivity contribution in [2.45, 2.75) is 38.3 Å². The summed E-state index contributed by atoms with van der Waals surface area (Å²) in [6, 6.07) is 8.23. The Morgan fingerprint density at radius 2 is 1.92 bits per heavy atom. The van der Waals surface area contributed by atoms with Gasteiger partial charge in [0, 0.05) is 19.5 Å². The molecule has 1 aliphatic heterocycles. The van der Waals surface area contributed by atoms with Crippen molar-refractivity contribution >= 4 is 17.6 Å². The van der Waals surface area contributed by atoms with Crippen LogP contribution in [0.1, 0.15) is 36.8 Å². The zero-order valence-corrected chi connectivity index (χ0v) is 13.3. The number of nitrogens with one attached hydrogen (secondary N) is 1. The van der Waals surface area contributed by atoms with Gasteiger partial charge in [0.05, 0.1) is 11.6 Å². The molecule has 1 aromatic rings. The molecule has 2 aliphatic rings.